The van der Waals surface area contributed by atoms with Gasteiger partial charge in [0, 0.05) is 19.1 Å². The van der Waals surface area contributed by atoms with Gasteiger partial charge in [-0.05, 0) is 32.9 Å². The van der Waals surface area contributed by atoms with Crippen molar-refractivity contribution in [3.63, 3.8) is 0 Å². The standard InChI is InChI=1S/C15H27N5O/c1-4-7-12-13(16)14(18-17-12)15(21)20-9-6-8-19(3)10-11(20)5-2/h11H,4-10,16H2,1-3H3,(H,17,18). The zero-order chi connectivity index (χ0) is 15.4. The van der Waals surface area contributed by atoms with Crippen LogP contribution < -0.4 is 5.73 Å². The number of hydrogen-bond donors (Lipinski definition) is 2. The average Bonchev–Trinajstić information content (AvgIpc) is 2.71. The molecule has 1 saturated heterocycles. The molecular weight excluding hydrogens is 266 g/mol. The first-order valence-corrected chi connectivity index (χ1v) is 7.90. The van der Waals surface area contributed by atoms with Crippen LogP contribution in [-0.2, 0) is 6.42 Å². The van der Waals surface area contributed by atoms with E-state index in [0.29, 0.717) is 11.4 Å². The van der Waals surface area contributed by atoms with E-state index in [1.807, 2.05) is 4.90 Å². The molecule has 1 fully saturated rings. The summed E-state index contributed by atoms with van der Waals surface area (Å²) in [5, 5.41) is 7.09. The molecule has 1 unspecified atom stereocenters. The molecule has 1 atom stereocenters. The third-order valence-electron chi connectivity index (χ3n) is 4.22. The van der Waals surface area contributed by atoms with Gasteiger partial charge in [-0.2, -0.15) is 5.10 Å². The van der Waals surface area contributed by atoms with Crippen molar-refractivity contribution in [1.82, 2.24) is 20.0 Å². The average molecular weight is 293 g/mol. The van der Waals surface area contributed by atoms with E-state index < -0.39 is 0 Å². The van der Waals surface area contributed by atoms with Gasteiger partial charge in [-0.3, -0.25) is 9.89 Å². The molecule has 0 saturated carbocycles. The van der Waals surface area contributed by atoms with Crippen LogP contribution in [0.5, 0.6) is 0 Å². The van der Waals surface area contributed by atoms with Gasteiger partial charge in [-0.15, -0.1) is 0 Å². The van der Waals surface area contributed by atoms with Crippen LogP contribution in [-0.4, -0.2) is 58.6 Å². The maximum atomic E-state index is 12.8. The van der Waals surface area contributed by atoms with Crippen LogP contribution in [0.4, 0.5) is 5.69 Å². The molecule has 118 valence electrons. The summed E-state index contributed by atoms with van der Waals surface area (Å²) in [6.07, 6.45) is 3.74. The third-order valence-corrected chi connectivity index (χ3v) is 4.22. The summed E-state index contributed by atoms with van der Waals surface area (Å²) in [5.74, 6) is -0.0340. The minimum absolute atomic E-state index is 0.0340. The fraction of sp³-hybridized carbons (Fsp3) is 0.733. The normalized spacial score (nSPS) is 20.5. The highest BCUT2D eigenvalue weighted by molar-refractivity contribution is 5.97. The molecule has 0 spiro atoms. The van der Waals surface area contributed by atoms with Crippen molar-refractivity contribution >= 4 is 11.6 Å². The number of hydrogen-bond acceptors (Lipinski definition) is 4. The summed E-state index contributed by atoms with van der Waals surface area (Å²) in [5.41, 5.74) is 7.89. The molecule has 0 aliphatic carbocycles. The predicted molar refractivity (Wildman–Crippen MR) is 84.2 cm³/mol. The van der Waals surface area contributed by atoms with Gasteiger partial charge >= 0.3 is 0 Å². The number of carbonyl (C=O) groups excluding carboxylic acids is 1. The lowest BCUT2D eigenvalue weighted by Gasteiger charge is -2.29. The molecule has 0 radical (unpaired) electrons. The summed E-state index contributed by atoms with van der Waals surface area (Å²) >= 11 is 0. The monoisotopic (exact) mass is 293 g/mol. The molecule has 2 heterocycles. The van der Waals surface area contributed by atoms with Crippen LogP contribution in [0, 0.1) is 0 Å². The molecule has 1 aromatic heterocycles. The fourth-order valence-corrected chi connectivity index (χ4v) is 2.99. The first kappa shape index (κ1) is 15.8. The summed E-state index contributed by atoms with van der Waals surface area (Å²) < 4.78 is 0. The topological polar surface area (TPSA) is 78.2 Å². The first-order valence-electron chi connectivity index (χ1n) is 7.90. The highest BCUT2D eigenvalue weighted by Gasteiger charge is 2.29. The minimum Gasteiger partial charge on any atom is -0.395 e. The molecule has 1 aromatic rings. The lowest BCUT2D eigenvalue weighted by atomic mass is 10.1. The Bertz CT molecular complexity index is 484. The quantitative estimate of drug-likeness (QED) is 0.882. The van der Waals surface area contributed by atoms with Crippen LogP contribution in [0.3, 0.4) is 0 Å². The van der Waals surface area contributed by atoms with Gasteiger partial charge in [0.15, 0.2) is 5.69 Å². The second kappa shape index (κ2) is 6.93. The number of nitrogens with two attached hydrogens (primary N) is 1. The molecular formula is C15H27N5O. The molecule has 1 amide bonds. The third kappa shape index (κ3) is 3.37. The lowest BCUT2D eigenvalue weighted by molar-refractivity contribution is 0.0670. The number of nitrogens with one attached hydrogen (secondary N) is 1. The number of rotatable bonds is 4. The SMILES string of the molecule is CCCc1[nH]nc(C(=O)N2CCCN(C)CC2CC)c1N. The van der Waals surface area contributed by atoms with Gasteiger partial charge in [-0.25, -0.2) is 0 Å². The Labute approximate surface area is 126 Å². The largest absolute Gasteiger partial charge is 0.395 e. The van der Waals surface area contributed by atoms with Gasteiger partial charge in [0.05, 0.1) is 11.4 Å². The van der Waals surface area contributed by atoms with Crippen molar-refractivity contribution in [3.05, 3.63) is 11.4 Å². The predicted octanol–water partition coefficient (Wildman–Crippen LogP) is 1.50. The molecule has 3 N–H and O–H groups in total. The number of nitrogens with zero attached hydrogens (tertiary/aromatic N) is 3. The number of likely N-dealkylation sites (N-methyl/N-ethyl adjacent to an activating group) is 1. The van der Waals surface area contributed by atoms with Crippen molar-refractivity contribution in [2.75, 3.05) is 32.4 Å². The first-order chi connectivity index (χ1) is 10.1. The Hall–Kier alpha value is -1.56. The van der Waals surface area contributed by atoms with Crippen molar-refractivity contribution in [1.29, 1.82) is 0 Å². The summed E-state index contributed by atoms with van der Waals surface area (Å²) in [7, 11) is 2.11. The van der Waals surface area contributed by atoms with Crippen molar-refractivity contribution in [2.45, 2.75) is 45.6 Å². The Morgan fingerprint density at radius 3 is 2.86 bits per heavy atom. The molecule has 21 heavy (non-hydrogen) atoms. The van der Waals surface area contributed by atoms with Crippen LogP contribution >= 0.6 is 0 Å². The number of anilines is 1. The van der Waals surface area contributed by atoms with Gasteiger partial charge in [0.1, 0.15) is 0 Å². The van der Waals surface area contributed by atoms with E-state index >= 15 is 0 Å². The molecule has 1 aliphatic rings. The Balaban J connectivity index is 2.21. The van der Waals surface area contributed by atoms with E-state index in [0.717, 1.165) is 51.0 Å². The number of aromatic amines is 1. The number of H-pyrrole nitrogens is 1. The van der Waals surface area contributed by atoms with Gasteiger partial charge in [-0.1, -0.05) is 20.3 Å². The van der Waals surface area contributed by atoms with E-state index in [1.54, 1.807) is 0 Å². The summed E-state index contributed by atoms with van der Waals surface area (Å²) in [6.45, 7) is 6.92. The number of aryl methyl sites for hydroxylation is 1. The number of aromatic nitrogens is 2. The van der Waals surface area contributed by atoms with Crippen LogP contribution in [0.1, 0.15) is 49.3 Å². The van der Waals surface area contributed by atoms with E-state index in [9.17, 15) is 4.79 Å². The second-order valence-corrected chi connectivity index (χ2v) is 5.89. The van der Waals surface area contributed by atoms with Crippen molar-refractivity contribution < 1.29 is 4.79 Å². The molecule has 6 heteroatoms. The maximum Gasteiger partial charge on any atom is 0.276 e. The van der Waals surface area contributed by atoms with Crippen LogP contribution in [0.2, 0.25) is 0 Å². The maximum absolute atomic E-state index is 12.8. The zero-order valence-corrected chi connectivity index (χ0v) is 13.4. The molecule has 2 rings (SSSR count). The van der Waals surface area contributed by atoms with Gasteiger partial charge in [0.25, 0.3) is 5.91 Å². The number of carbonyl (C=O) groups is 1. The molecule has 0 aromatic carbocycles. The molecule has 1 aliphatic heterocycles. The van der Waals surface area contributed by atoms with Crippen LogP contribution in [0.15, 0.2) is 0 Å². The van der Waals surface area contributed by atoms with Crippen LogP contribution in [0.25, 0.3) is 0 Å². The van der Waals surface area contributed by atoms with E-state index in [4.69, 9.17) is 5.73 Å². The van der Waals surface area contributed by atoms with E-state index in [2.05, 4.69) is 36.0 Å². The zero-order valence-electron chi connectivity index (χ0n) is 13.4. The summed E-state index contributed by atoms with van der Waals surface area (Å²) in [6, 6.07) is 0.232. The minimum atomic E-state index is -0.0340. The Kier molecular flexibility index (Phi) is 5.22. The molecule has 0 bridgehead atoms. The Morgan fingerprint density at radius 2 is 2.19 bits per heavy atom. The van der Waals surface area contributed by atoms with E-state index in [1.165, 1.54) is 0 Å². The smallest absolute Gasteiger partial charge is 0.276 e. The van der Waals surface area contributed by atoms with Gasteiger partial charge < -0.3 is 15.5 Å². The number of amides is 1. The second-order valence-electron chi connectivity index (χ2n) is 5.89. The fourth-order valence-electron chi connectivity index (χ4n) is 2.99. The highest BCUT2D eigenvalue weighted by Crippen LogP contribution is 2.21. The summed E-state index contributed by atoms with van der Waals surface area (Å²) in [4.78, 5) is 17.1. The molecule has 6 nitrogen and oxygen atoms in total. The van der Waals surface area contributed by atoms with E-state index in [-0.39, 0.29) is 11.9 Å². The lowest BCUT2D eigenvalue weighted by Crippen LogP contribution is -2.43. The van der Waals surface area contributed by atoms with Gasteiger partial charge in [0.2, 0.25) is 0 Å². The number of nitrogen functional groups attached to an aromatic ring is 1. The Morgan fingerprint density at radius 1 is 1.43 bits per heavy atom. The highest BCUT2D eigenvalue weighted by atomic mass is 16.2. The van der Waals surface area contributed by atoms with Crippen molar-refractivity contribution in [2.24, 2.45) is 0 Å². The van der Waals surface area contributed by atoms with Crippen molar-refractivity contribution in [3.8, 4) is 0 Å².